The van der Waals surface area contributed by atoms with E-state index in [-0.39, 0.29) is 0 Å². The second-order valence-corrected chi connectivity index (χ2v) is 4.89. The number of para-hydroxylation sites is 1. The van der Waals surface area contributed by atoms with Crippen LogP contribution in [0.3, 0.4) is 0 Å². The molecule has 4 rings (SSSR count). The number of aryl methyl sites for hydroxylation is 1. The van der Waals surface area contributed by atoms with Gasteiger partial charge in [-0.25, -0.2) is 4.68 Å². The third-order valence-electron chi connectivity index (χ3n) is 3.63. The van der Waals surface area contributed by atoms with Crippen molar-refractivity contribution in [2.75, 3.05) is 0 Å². The quantitative estimate of drug-likeness (QED) is 0.565. The molecule has 2 aromatic carbocycles. The predicted molar refractivity (Wildman–Crippen MR) is 81.1 cm³/mol. The van der Waals surface area contributed by atoms with Crippen LogP contribution in [0.5, 0.6) is 0 Å². The Morgan fingerprint density at radius 3 is 2.52 bits per heavy atom. The molecule has 0 spiro atoms. The highest BCUT2D eigenvalue weighted by molar-refractivity contribution is 5.94. The molecule has 0 aliphatic carbocycles. The lowest BCUT2D eigenvalue weighted by Crippen LogP contribution is -1.95. The van der Waals surface area contributed by atoms with E-state index in [0.29, 0.717) is 0 Å². The van der Waals surface area contributed by atoms with Gasteiger partial charge in [0.15, 0.2) is 5.82 Å². The predicted octanol–water partition coefficient (Wildman–Crippen LogP) is 2.82. The number of hydrogen-bond acceptors (Lipinski definition) is 3. The number of benzene rings is 2. The lowest BCUT2D eigenvalue weighted by Gasteiger charge is -2.06. The highest BCUT2D eigenvalue weighted by Crippen LogP contribution is 2.29. The summed E-state index contributed by atoms with van der Waals surface area (Å²) in [6.45, 7) is 0. The van der Waals surface area contributed by atoms with E-state index >= 15 is 0 Å². The van der Waals surface area contributed by atoms with Crippen molar-refractivity contribution in [3.63, 3.8) is 0 Å². The Kier molecular flexibility index (Phi) is 2.57. The Morgan fingerprint density at radius 2 is 1.76 bits per heavy atom. The third kappa shape index (κ3) is 1.82. The molecule has 0 amide bonds. The van der Waals surface area contributed by atoms with Gasteiger partial charge in [0.05, 0.1) is 5.52 Å². The second-order valence-electron chi connectivity index (χ2n) is 4.89. The monoisotopic (exact) mass is 275 g/mol. The zero-order chi connectivity index (χ0) is 14.2. The fraction of sp³-hybridized carbons (Fsp3) is 0.0625. The van der Waals surface area contributed by atoms with Gasteiger partial charge >= 0.3 is 0 Å². The summed E-state index contributed by atoms with van der Waals surface area (Å²) in [7, 11) is 1.85. The average Bonchev–Trinajstić information content (AvgIpc) is 3.14. The molecular formula is C16H13N5. The molecule has 0 saturated heterocycles. The Hall–Kier alpha value is -2.95. The summed E-state index contributed by atoms with van der Waals surface area (Å²) in [6, 6.07) is 18.6. The van der Waals surface area contributed by atoms with Crippen LogP contribution in [0, 0.1) is 0 Å². The van der Waals surface area contributed by atoms with Gasteiger partial charge < -0.3 is 4.57 Å². The summed E-state index contributed by atoms with van der Waals surface area (Å²) in [5.74, 6) is 0.770. The molecule has 102 valence electrons. The van der Waals surface area contributed by atoms with Crippen molar-refractivity contribution in [1.82, 2.24) is 24.8 Å². The van der Waals surface area contributed by atoms with Crippen LogP contribution in [0.25, 0.3) is 28.0 Å². The normalized spacial score (nSPS) is 11.1. The molecule has 5 nitrogen and oxygen atoms in total. The molecule has 0 aliphatic heterocycles. The zero-order valence-electron chi connectivity index (χ0n) is 11.5. The molecule has 2 aromatic heterocycles. The maximum absolute atomic E-state index is 4.11. The number of fused-ring (bicyclic) bond motifs is 1. The molecule has 0 unspecified atom stereocenters. The van der Waals surface area contributed by atoms with Crippen molar-refractivity contribution in [3.8, 4) is 17.1 Å². The Morgan fingerprint density at radius 1 is 0.905 bits per heavy atom. The van der Waals surface area contributed by atoms with Gasteiger partial charge in [-0.05, 0) is 34.7 Å². The fourth-order valence-electron chi connectivity index (χ4n) is 2.63. The van der Waals surface area contributed by atoms with Crippen LogP contribution in [-0.2, 0) is 7.05 Å². The first-order valence-corrected chi connectivity index (χ1v) is 6.73. The minimum absolute atomic E-state index is 0.770. The SMILES string of the molecule is Cn1nnnc1-c1cccc2c1ccn2-c1ccccc1. The molecule has 0 atom stereocenters. The summed E-state index contributed by atoms with van der Waals surface area (Å²) in [5, 5.41) is 12.9. The van der Waals surface area contributed by atoms with Gasteiger partial charge in [-0.3, -0.25) is 0 Å². The molecule has 5 heteroatoms. The maximum Gasteiger partial charge on any atom is 0.182 e. The van der Waals surface area contributed by atoms with Crippen molar-refractivity contribution in [1.29, 1.82) is 0 Å². The number of hydrogen-bond donors (Lipinski definition) is 0. The molecule has 0 saturated carbocycles. The maximum atomic E-state index is 4.11. The lowest BCUT2D eigenvalue weighted by atomic mass is 10.1. The van der Waals surface area contributed by atoms with E-state index in [0.717, 1.165) is 28.0 Å². The molecule has 0 N–H and O–H groups in total. The van der Waals surface area contributed by atoms with Crippen LogP contribution in [0.1, 0.15) is 0 Å². The summed E-state index contributed by atoms with van der Waals surface area (Å²) < 4.78 is 3.86. The summed E-state index contributed by atoms with van der Waals surface area (Å²) in [6.07, 6.45) is 2.08. The molecule has 4 aromatic rings. The van der Waals surface area contributed by atoms with Crippen LogP contribution in [0.15, 0.2) is 60.8 Å². The smallest absolute Gasteiger partial charge is 0.182 e. The molecule has 0 radical (unpaired) electrons. The highest BCUT2D eigenvalue weighted by Gasteiger charge is 2.12. The first kappa shape index (κ1) is 11.8. The largest absolute Gasteiger partial charge is 0.317 e. The minimum atomic E-state index is 0.770. The van der Waals surface area contributed by atoms with Gasteiger partial charge in [-0.15, -0.1) is 5.10 Å². The van der Waals surface area contributed by atoms with Crippen molar-refractivity contribution in [3.05, 3.63) is 60.8 Å². The van der Waals surface area contributed by atoms with Crippen molar-refractivity contribution >= 4 is 10.9 Å². The van der Waals surface area contributed by atoms with Gasteiger partial charge in [0.25, 0.3) is 0 Å². The van der Waals surface area contributed by atoms with E-state index in [1.165, 1.54) is 0 Å². The number of aromatic nitrogens is 5. The second kappa shape index (κ2) is 4.56. The van der Waals surface area contributed by atoms with E-state index in [2.05, 4.69) is 50.6 Å². The molecule has 21 heavy (non-hydrogen) atoms. The molecular weight excluding hydrogens is 262 g/mol. The first-order valence-electron chi connectivity index (χ1n) is 6.73. The van der Waals surface area contributed by atoms with Crippen molar-refractivity contribution < 1.29 is 0 Å². The van der Waals surface area contributed by atoms with Gasteiger partial charge in [0.2, 0.25) is 0 Å². The van der Waals surface area contributed by atoms with E-state index in [4.69, 9.17) is 0 Å². The van der Waals surface area contributed by atoms with Crippen LogP contribution < -0.4 is 0 Å². The number of rotatable bonds is 2. The summed E-state index contributed by atoms with van der Waals surface area (Å²) in [5.41, 5.74) is 3.32. The van der Waals surface area contributed by atoms with Gasteiger partial charge in [-0.1, -0.05) is 30.3 Å². The number of nitrogens with zero attached hydrogens (tertiary/aromatic N) is 5. The Bertz CT molecular complexity index is 905. The molecule has 2 heterocycles. The molecule has 0 aliphatic rings. The Balaban J connectivity index is 1.98. The van der Waals surface area contributed by atoms with Gasteiger partial charge in [-0.2, -0.15) is 0 Å². The summed E-state index contributed by atoms with van der Waals surface area (Å²) >= 11 is 0. The number of tetrazole rings is 1. The Labute approximate surface area is 121 Å². The minimum Gasteiger partial charge on any atom is -0.317 e. The fourth-order valence-corrected chi connectivity index (χ4v) is 2.63. The van der Waals surface area contributed by atoms with E-state index in [1.54, 1.807) is 4.68 Å². The van der Waals surface area contributed by atoms with Crippen molar-refractivity contribution in [2.24, 2.45) is 7.05 Å². The standard InChI is InChI=1S/C16H13N5/c1-20-16(17-18-19-20)14-8-5-9-15-13(14)10-11-21(15)12-6-3-2-4-7-12/h2-11H,1H3. The average molecular weight is 275 g/mol. The van der Waals surface area contributed by atoms with Crippen LogP contribution in [-0.4, -0.2) is 24.8 Å². The van der Waals surface area contributed by atoms with E-state index in [9.17, 15) is 0 Å². The van der Waals surface area contributed by atoms with Crippen LogP contribution >= 0.6 is 0 Å². The first-order chi connectivity index (χ1) is 10.3. The van der Waals surface area contributed by atoms with Crippen molar-refractivity contribution in [2.45, 2.75) is 0 Å². The van der Waals surface area contributed by atoms with Crippen LogP contribution in [0.2, 0.25) is 0 Å². The topological polar surface area (TPSA) is 48.5 Å². The van der Waals surface area contributed by atoms with Gasteiger partial charge in [0, 0.05) is 29.9 Å². The van der Waals surface area contributed by atoms with E-state index in [1.807, 2.05) is 37.4 Å². The van der Waals surface area contributed by atoms with Crippen LogP contribution in [0.4, 0.5) is 0 Å². The molecule has 0 bridgehead atoms. The summed E-state index contributed by atoms with van der Waals surface area (Å²) in [4.78, 5) is 0. The highest BCUT2D eigenvalue weighted by atomic mass is 15.5. The molecule has 0 fully saturated rings. The lowest BCUT2D eigenvalue weighted by molar-refractivity contribution is 0.715. The third-order valence-corrected chi connectivity index (χ3v) is 3.63. The zero-order valence-corrected chi connectivity index (χ0v) is 11.5. The van der Waals surface area contributed by atoms with E-state index < -0.39 is 0 Å². The van der Waals surface area contributed by atoms with Gasteiger partial charge in [0.1, 0.15) is 0 Å².